The first-order chi connectivity index (χ1) is 17.9. The van der Waals surface area contributed by atoms with E-state index in [-0.39, 0.29) is 31.1 Å². The van der Waals surface area contributed by atoms with Gasteiger partial charge in [-0.2, -0.15) is 0 Å². The van der Waals surface area contributed by atoms with Crippen LogP contribution in [-0.4, -0.2) is 45.7 Å². The highest BCUT2D eigenvalue weighted by Crippen LogP contribution is 2.33. The number of ether oxygens (including phenoxy) is 2. The molecule has 37 heavy (non-hydrogen) atoms. The summed E-state index contributed by atoms with van der Waals surface area (Å²) in [5.41, 5.74) is 3.44. The number of aromatic nitrogens is 1. The van der Waals surface area contributed by atoms with Gasteiger partial charge in [-0.25, -0.2) is 4.79 Å². The van der Waals surface area contributed by atoms with Crippen molar-refractivity contribution in [3.05, 3.63) is 89.1 Å². The number of aryl methyl sites for hydroxylation is 1. The molecular weight excluding hydrogens is 470 g/mol. The molecule has 0 aliphatic rings. The van der Waals surface area contributed by atoms with Crippen LogP contribution in [0.1, 0.15) is 46.8 Å². The minimum atomic E-state index is -0.919. The molecule has 0 amide bonds. The highest BCUT2D eigenvalue weighted by molar-refractivity contribution is 5.89. The summed E-state index contributed by atoms with van der Waals surface area (Å²) in [5.74, 6) is 0.284. The first-order valence-electron chi connectivity index (χ1n) is 12.5. The molecule has 4 rings (SSSR count). The first kappa shape index (κ1) is 26.1. The van der Waals surface area contributed by atoms with Crippen LogP contribution in [0.5, 0.6) is 17.2 Å². The Morgan fingerprint density at radius 1 is 1.03 bits per heavy atom. The molecule has 7 nitrogen and oxygen atoms in total. The number of fused-ring (bicyclic) bond motifs is 1. The van der Waals surface area contributed by atoms with E-state index in [4.69, 9.17) is 9.47 Å². The van der Waals surface area contributed by atoms with Gasteiger partial charge in [-0.3, -0.25) is 0 Å². The molecular formula is C30H33NO6. The molecule has 0 fully saturated rings. The number of nitrogens with zero attached hydrogens (tertiary/aromatic N) is 1. The van der Waals surface area contributed by atoms with Gasteiger partial charge in [-0.15, -0.1) is 0 Å². The molecule has 0 spiro atoms. The maximum Gasteiger partial charge on any atom is 0.338 e. The number of hydrogen-bond acceptors (Lipinski definition) is 6. The van der Waals surface area contributed by atoms with Crippen LogP contribution in [-0.2, 0) is 24.1 Å². The maximum absolute atomic E-state index is 12.2. The topological polar surface area (TPSA) is 101 Å². The number of benzene rings is 3. The number of aliphatic hydroxyl groups excluding tert-OH is 1. The van der Waals surface area contributed by atoms with Crippen molar-refractivity contribution in [3.8, 4) is 17.2 Å². The van der Waals surface area contributed by atoms with Gasteiger partial charge in [0.05, 0.1) is 30.9 Å². The Hall–Kier alpha value is -3.97. The number of carbonyl (C=O) groups excluding carboxylic acids is 1. The largest absolute Gasteiger partial charge is 0.507 e. The smallest absolute Gasteiger partial charge is 0.338 e. The summed E-state index contributed by atoms with van der Waals surface area (Å²) in [6, 6.07) is 17.7. The van der Waals surface area contributed by atoms with Crippen molar-refractivity contribution in [2.75, 3.05) is 13.7 Å². The molecule has 1 aromatic heterocycles. The zero-order valence-corrected chi connectivity index (χ0v) is 21.2. The fourth-order valence-corrected chi connectivity index (χ4v) is 4.47. The maximum atomic E-state index is 12.2. The zero-order chi connectivity index (χ0) is 26.4. The number of phenolic OH excluding ortho intramolecular Hbond substituents is 2. The minimum absolute atomic E-state index is 0.0517. The quantitative estimate of drug-likeness (QED) is 0.243. The monoisotopic (exact) mass is 503 g/mol. The molecule has 3 N–H and O–H groups in total. The Morgan fingerprint density at radius 3 is 2.43 bits per heavy atom. The van der Waals surface area contributed by atoms with Crippen molar-refractivity contribution >= 4 is 16.9 Å². The summed E-state index contributed by atoms with van der Waals surface area (Å²) in [7, 11) is 1.59. The molecule has 0 radical (unpaired) electrons. The van der Waals surface area contributed by atoms with Gasteiger partial charge in [-0.05, 0) is 66.4 Å². The lowest BCUT2D eigenvalue weighted by atomic mass is 10.0. The van der Waals surface area contributed by atoms with Crippen LogP contribution in [0.3, 0.4) is 0 Å². The molecule has 3 aromatic carbocycles. The molecule has 0 aliphatic carbocycles. The van der Waals surface area contributed by atoms with Gasteiger partial charge in [-0.1, -0.05) is 31.5 Å². The highest BCUT2D eigenvalue weighted by Gasteiger charge is 2.18. The van der Waals surface area contributed by atoms with E-state index >= 15 is 0 Å². The second-order valence-electron chi connectivity index (χ2n) is 9.20. The first-order valence-corrected chi connectivity index (χ1v) is 12.5. The number of aromatic hydroxyl groups is 2. The SMILES string of the molecule is CCCCc1cc(O)c(Cn2cc(CC(O)COC(=O)c3ccccc3)c3cc(OC)ccc32)c(O)c1. The van der Waals surface area contributed by atoms with Crippen molar-refractivity contribution in [2.24, 2.45) is 0 Å². The summed E-state index contributed by atoms with van der Waals surface area (Å²) in [4.78, 5) is 12.2. The van der Waals surface area contributed by atoms with Crippen molar-refractivity contribution in [3.63, 3.8) is 0 Å². The van der Waals surface area contributed by atoms with Crippen LogP contribution in [0.4, 0.5) is 0 Å². The number of esters is 1. The van der Waals surface area contributed by atoms with E-state index in [0.29, 0.717) is 16.9 Å². The number of aliphatic hydroxyl groups is 1. The molecule has 194 valence electrons. The molecule has 0 saturated carbocycles. The van der Waals surface area contributed by atoms with Gasteiger partial charge >= 0.3 is 5.97 Å². The molecule has 7 heteroatoms. The molecule has 0 saturated heterocycles. The lowest BCUT2D eigenvalue weighted by molar-refractivity contribution is 0.0259. The van der Waals surface area contributed by atoms with E-state index in [2.05, 4.69) is 6.92 Å². The average molecular weight is 504 g/mol. The van der Waals surface area contributed by atoms with Crippen molar-refractivity contribution < 1.29 is 29.6 Å². The highest BCUT2D eigenvalue weighted by atomic mass is 16.5. The van der Waals surface area contributed by atoms with E-state index in [9.17, 15) is 20.1 Å². The van der Waals surface area contributed by atoms with Crippen LogP contribution in [0.15, 0.2) is 66.9 Å². The Bertz CT molecular complexity index is 1340. The number of carbonyl (C=O) groups is 1. The fraction of sp³-hybridized carbons (Fsp3) is 0.300. The van der Waals surface area contributed by atoms with Crippen LogP contribution in [0.2, 0.25) is 0 Å². The van der Waals surface area contributed by atoms with E-state index in [1.807, 2.05) is 35.0 Å². The zero-order valence-electron chi connectivity index (χ0n) is 21.2. The standard InChI is InChI=1S/C30H33NO6/c1-3-4-8-20-13-28(33)26(29(34)14-20)18-31-17-22(25-16-24(36-2)11-12-27(25)31)15-23(32)19-37-30(35)21-9-6-5-7-10-21/h5-7,9-14,16-17,23,32-34H,3-4,8,15,18-19H2,1-2H3. The second kappa shape index (κ2) is 11.8. The van der Waals surface area contributed by atoms with Gasteiger partial charge < -0.3 is 29.4 Å². The molecule has 1 heterocycles. The lowest BCUT2D eigenvalue weighted by Gasteiger charge is -2.12. The number of hydrogen-bond donors (Lipinski definition) is 3. The third-order valence-electron chi connectivity index (χ3n) is 6.45. The predicted octanol–water partition coefficient (Wildman–Crippen LogP) is 5.21. The third kappa shape index (κ3) is 6.24. The summed E-state index contributed by atoms with van der Waals surface area (Å²) in [6.45, 7) is 2.20. The Labute approximate surface area is 216 Å². The normalized spacial score (nSPS) is 12.0. The summed E-state index contributed by atoms with van der Waals surface area (Å²) < 4.78 is 12.6. The fourth-order valence-electron chi connectivity index (χ4n) is 4.47. The van der Waals surface area contributed by atoms with Gasteiger partial charge in [0.15, 0.2) is 0 Å². The van der Waals surface area contributed by atoms with Crippen molar-refractivity contribution in [1.82, 2.24) is 4.57 Å². The van der Waals surface area contributed by atoms with Crippen LogP contribution < -0.4 is 4.74 Å². The Morgan fingerprint density at radius 2 is 1.76 bits per heavy atom. The van der Waals surface area contributed by atoms with E-state index in [1.54, 1.807) is 43.5 Å². The van der Waals surface area contributed by atoms with E-state index < -0.39 is 12.1 Å². The van der Waals surface area contributed by atoms with E-state index in [0.717, 1.165) is 41.3 Å². The molecule has 0 bridgehead atoms. The van der Waals surface area contributed by atoms with Gasteiger partial charge in [0, 0.05) is 23.5 Å². The van der Waals surface area contributed by atoms with Crippen molar-refractivity contribution in [1.29, 1.82) is 0 Å². The average Bonchev–Trinajstić information content (AvgIpc) is 3.24. The molecule has 4 aromatic rings. The number of unbranched alkanes of at least 4 members (excludes halogenated alkanes) is 1. The van der Waals surface area contributed by atoms with Gasteiger partial charge in [0.2, 0.25) is 0 Å². The van der Waals surface area contributed by atoms with Crippen LogP contribution in [0.25, 0.3) is 10.9 Å². The summed E-state index contributed by atoms with van der Waals surface area (Å²) in [5, 5.41) is 32.9. The number of phenols is 2. The van der Waals surface area contributed by atoms with Crippen molar-refractivity contribution in [2.45, 2.75) is 45.3 Å². The third-order valence-corrected chi connectivity index (χ3v) is 6.45. The predicted molar refractivity (Wildman–Crippen MR) is 142 cm³/mol. The second-order valence-corrected chi connectivity index (χ2v) is 9.20. The Kier molecular flexibility index (Phi) is 8.36. The lowest BCUT2D eigenvalue weighted by Crippen LogP contribution is -2.21. The summed E-state index contributed by atoms with van der Waals surface area (Å²) >= 11 is 0. The summed E-state index contributed by atoms with van der Waals surface area (Å²) in [6.07, 6.45) is 4.01. The number of rotatable bonds is 11. The molecule has 0 aliphatic heterocycles. The van der Waals surface area contributed by atoms with Crippen LogP contribution >= 0.6 is 0 Å². The number of methoxy groups -OCH3 is 1. The van der Waals surface area contributed by atoms with Gasteiger partial charge in [0.1, 0.15) is 23.9 Å². The van der Waals surface area contributed by atoms with Crippen LogP contribution in [0, 0.1) is 0 Å². The van der Waals surface area contributed by atoms with Gasteiger partial charge in [0.25, 0.3) is 0 Å². The molecule has 1 unspecified atom stereocenters. The minimum Gasteiger partial charge on any atom is -0.507 e. The Balaban J connectivity index is 1.56. The molecule has 1 atom stereocenters. The van der Waals surface area contributed by atoms with E-state index in [1.165, 1.54) is 0 Å².